The minimum atomic E-state index is 0.364. The quantitative estimate of drug-likeness (QED) is 0.852. The lowest BCUT2D eigenvalue weighted by Crippen LogP contribution is -2.17. The van der Waals surface area contributed by atoms with Crippen molar-refractivity contribution in [2.24, 2.45) is 0 Å². The molecule has 1 aliphatic rings. The number of aryl methyl sites for hydroxylation is 1. The smallest absolute Gasteiger partial charge is 0.115 e. The maximum atomic E-state index is 9.76. The van der Waals surface area contributed by atoms with Gasteiger partial charge in [0.15, 0.2) is 0 Å². The minimum absolute atomic E-state index is 0.364. The normalized spacial score (nSPS) is 19.4. The van der Waals surface area contributed by atoms with Gasteiger partial charge in [0.1, 0.15) is 5.75 Å². The van der Waals surface area contributed by atoms with E-state index in [-0.39, 0.29) is 0 Å². The van der Waals surface area contributed by atoms with Gasteiger partial charge in [-0.15, -0.1) is 0 Å². The summed E-state index contributed by atoms with van der Waals surface area (Å²) in [5, 5.41) is 9.76. The zero-order valence-electron chi connectivity index (χ0n) is 12.1. The van der Waals surface area contributed by atoms with Crippen LogP contribution in [-0.2, 0) is 6.54 Å². The molecule has 0 amide bonds. The van der Waals surface area contributed by atoms with Gasteiger partial charge in [0, 0.05) is 12.5 Å². The van der Waals surface area contributed by atoms with Gasteiger partial charge in [0.25, 0.3) is 0 Å². The molecule has 0 saturated carbocycles. The van der Waals surface area contributed by atoms with Gasteiger partial charge in [-0.25, -0.2) is 0 Å². The largest absolute Gasteiger partial charge is 0.508 e. The van der Waals surface area contributed by atoms with Crippen molar-refractivity contribution in [2.45, 2.75) is 25.8 Å². The van der Waals surface area contributed by atoms with Crippen LogP contribution >= 0.6 is 0 Å². The van der Waals surface area contributed by atoms with Crippen LogP contribution in [0.2, 0.25) is 0 Å². The molecule has 0 radical (unpaired) electrons. The first-order valence-corrected chi connectivity index (χ1v) is 7.21. The molecule has 0 aliphatic carbocycles. The molecule has 2 aromatic rings. The van der Waals surface area contributed by atoms with Gasteiger partial charge in [-0.1, -0.05) is 30.3 Å². The van der Waals surface area contributed by atoms with E-state index in [9.17, 15) is 5.11 Å². The Kier molecular flexibility index (Phi) is 3.49. The van der Waals surface area contributed by atoms with Crippen LogP contribution in [0.15, 0.2) is 42.5 Å². The lowest BCUT2D eigenvalue weighted by Gasteiger charge is -2.20. The van der Waals surface area contributed by atoms with Crippen molar-refractivity contribution in [3.63, 3.8) is 0 Å². The van der Waals surface area contributed by atoms with Crippen LogP contribution in [-0.4, -0.2) is 23.6 Å². The predicted octanol–water partition coefficient (Wildman–Crippen LogP) is 3.67. The van der Waals surface area contributed by atoms with Crippen LogP contribution in [0.1, 0.15) is 34.6 Å². The van der Waals surface area contributed by atoms with Gasteiger partial charge in [-0.3, -0.25) is 0 Å². The molecule has 1 atom stereocenters. The maximum absolute atomic E-state index is 9.76. The summed E-state index contributed by atoms with van der Waals surface area (Å²) in [6, 6.07) is 14.5. The molecular weight excluding hydrogens is 246 g/mol. The van der Waals surface area contributed by atoms with E-state index in [0.29, 0.717) is 11.7 Å². The molecule has 1 aliphatic heterocycles. The highest BCUT2D eigenvalue weighted by atomic mass is 16.3. The Morgan fingerprint density at radius 3 is 2.70 bits per heavy atom. The molecule has 2 aromatic carbocycles. The number of phenols is 1. The fraction of sp³-hybridized carbons (Fsp3) is 0.333. The molecule has 0 aromatic heterocycles. The molecule has 0 unspecified atom stereocenters. The van der Waals surface area contributed by atoms with Crippen molar-refractivity contribution in [1.82, 2.24) is 4.90 Å². The second kappa shape index (κ2) is 5.29. The van der Waals surface area contributed by atoms with Crippen molar-refractivity contribution in [3.05, 3.63) is 64.7 Å². The first-order chi connectivity index (χ1) is 9.65. The number of aromatic hydroxyl groups is 1. The summed E-state index contributed by atoms with van der Waals surface area (Å²) in [4.78, 5) is 2.33. The molecule has 3 rings (SSSR count). The van der Waals surface area contributed by atoms with Crippen LogP contribution < -0.4 is 0 Å². The summed E-state index contributed by atoms with van der Waals surface area (Å²) >= 11 is 0. The van der Waals surface area contributed by atoms with Crippen molar-refractivity contribution in [2.75, 3.05) is 13.6 Å². The summed E-state index contributed by atoms with van der Waals surface area (Å²) in [5.74, 6) is 0.791. The Morgan fingerprint density at radius 1 is 1.10 bits per heavy atom. The Morgan fingerprint density at radius 2 is 1.90 bits per heavy atom. The number of hydrogen-bond acceptors (Lipinski definition) is 2. The third-order valence-electron chi connectivity index (χ3n) is 4.31. The van der Waals surface area contributed by atoms with E-state index in [0.717, 1.165) is 19.5 Å². The summed E-state index contributed by atoms with van der Waals surface area (Å²) < 4.78 is 0. The summed E-state index contributed by atoms with van der Waals surface area (Å²) in [5.41, 5.74) is 5.37. The van der Waals surface area contributed by atoms with Gasteiger partial charge in [0.05, 0.1) is 0 Å². The molecule has 0 bridgehead atoms. The first-order valence-electron chi connectivity index (χ1n) is 7.21. The van der Waals surface area contributed by atoms with Crippen LogP contribution in [0.4, 0.5) is 0 Å². The minimum Gasteiger partial charge on any atom is -0.508 e. The zero-order chi connectivity index (χ0) is 14.1. The number of phenolic OH excluding ortho intramolecular Hbond substituents is 1. The molecule has 0 fully saturated rings. The second-order valence-corrected chi connectivity index (χ2v) is 5.82. The highest BCUT2D eigenvalue weighted by Crippen LogP contribution is 2.36. The average Bonchev–Trinajstić information content (AvgIpc) is 2.57. The molecule has 1 heterocycles. The second-order valence-electron chi connectivity index (χ2n) is 5.82. The van der Waals surface area contributed by atoms with Gasteiger partial charge < -0.3 is 10.0 Å². The Labute approximate surface area is 120 Å². The third kappa shape index (κ3) is 2.44. The van der Waals surface area contributed by atoms with Crippen LogP contribution in [0.3, 0.4) is 0 Å². The van der Waals surface area contributed by atoms with E-state index >= 15 is 0 Å². The number of benzene rings is 2. The summed E-state index contributed by atoms with van der Waals surface area (Å²) in [7, 11) is 2.15. The molecule has 20 heavy (non-hydrogen) atoms. The lowest BCUT2D eigenvalue weighted by atomic mass is 9.84. The van der Waals surface area contributed by atoms with Crippen molar-refractivity contribution in [3.8, 4) is 5.75 Å². The van der Waals surface area contributed by atoms with Gasteiger partial charge in [-0.05, 0) is 61.3 Å². The molecule has 0 saturated heterocycles. The van der Waals surface area contributed by atoms with E-state index in [2.05, 4.69) is 49.2 Å². The molecule has 0 spiro atoms. The monoisotopic (exact) mass is 267 g/mol. The molecule has 2 nitrogen and oxygen atoms in total. The number of rotatable bonds is 1. The topological polar surface area (TPSA) is 23.5 Å². The Hall–Kier alpha value is -1.80. The van der Waals surface area contributed by atoms with Crippen molar-refractivity contribution < 1.29 is 5.11 Å². The van der Waals surface area contributed by atoms with Crippen LogP contribution in [0.5, 0.6) is 5.75 Å². The van der Waals surface area contributed by atoms with Gasteiger partial charge in [-0.2, -0.15) is 0 Å². The van der Waals surface area contributed by atoms with Crippen LogP contribution in [0.25, 0.3) is 0 Å². The summed E-state index contributed by atoms with van der Waals surface area (Å²) in [6.45, 7) is 4.17. The molecule has 1 N–H and O–H groups in total. The first kappa shape index (κ1) is 13.2. The van der Waals surface area contributed by atoms with E-state index < -0.39 is 0 Å². The highest BCUT2D eigenvalue weighted by molar-refractivity contribution is 5.44. The highest BCUT2D eigenvalue weighted by Gasteiger charge is 2.23. The fourth-order valence-corrected chi connectivity index (χ4v) is 3.24. The predicted molar refractivity (Wildman–Crippen MR) is 82.1 cm³/mol. The van der Waals surface area contributed by atoms with Crippen LogP contribution in [0, 0.1) is 6.92 Å². The third-order valence-corrected chi connectivity index (χ3v) is 4.31. The maximum Gasteiger partial charge on any atom is 0.115 e. The van der Waals surface area contributed by atoms with E-state index in [1.54, 1.807) is 0 Å². The number of fused-ring (bicyclic) bond motifs is 1. The molecular formula is C18H21NO. The Bertz CT molecular complexity index is 621. The zero-order valence-corrected chi connectivity index (χ0v) is 12.1. The van der Waals surface area contributed by atoms with Gasteiger partial charge >= 0.3 is 0 Å². The van der Waals surface area contributed by atoms with E-state index in [1.165, 1.54) is 22.3 Å². The van der Waals surface area contributed by atoms with E-state index in [1.807, 2.05) is 12.1 Å². The van der Waals surface area contributed by atoms with Gasteiger partial charge in [0.2, 0.25) is 0 Å². The molecule has 104 valence electrons. The fourth-order valence-electron chi connectivity index (χ4n) is 3.24. The number of nitrogens with zero attached hydrogens (tertiary/aromatic N) is 1. The Balaban J connectivity index is 2.11. The van der Waals surface area contributed by atoms with Crippen molar-refractivity contribution >= 4 is 0 Å². The van der Waals surface area contributed by atoms with Crippen molar-refractivity contribution in [1.29, 1.82) is 0 Å². The average molecular weight is 267 g/mol. The SMILES string of the molecule is Cc1ccccc1[C@H]1CCN(C)Cc2cc(O)ccc21. The number of hydrogen-bond donors (Lipinski definition) is 1. The summed E-state index contributed by atoms with van der Waals surface area (Å²) in [6.07, 6.45) is 1.12. The molecule has 2 heteroatoms. The van der Waals surface area contributed by atoms with E-state index in [4.69, 9.17) is 0 Å². The standard InChI is InChI=1S/C18H21NO/c1-13-5-3-4-6-16(13)18-9-10-19(2)12-14-11-15(20)7-8-17(14)18/h3-8,11,18,20H,9-10,12H2,1-2H3/t18-/m1/s1. The lowest BCUT2D eigenvalue weighted by molar-refractivity contribution is 0.328.